The Balaban J connectivity index is 2.06. The molecule has 0 atom stereocenters. The number of rotatable bonds is 5. The smallest absolute Gasteiger partial charge is 0.141 e. The van der Waals surface area contributed by atoms with Gasteiger partial charge >= 0.3 is 0 Å². The van der Waals surface area contributed by atoms with Crippen LogP contribution in [0.3, 0.4) is 0 Å². The van der Waals surface area contributed by atoms with Gasteiger partial charge in [-0.2, -0.15) is 5.10 Å². The number of aryl methyl sites for hydroxylation is 3. The van der Waals surface area contributed by atoms with Crippen LogP contribution in [-0.2, 0) is 6.54 Å². The first kappa shape index (κ1) is 17.9. The van der Waals surface area contributed by atoms with Crippen LogP contribution in [-0.4, -0.2) is 14.9 Å². The van der Waals surface area contributed by atoms with Crippen molar-refractivity contribution in [2.45, 2.75) is 34.2 Å². The molecule has 5 heteroatoms. The highest BCUT2D eigenvalue weighted by molar-refractivity contribution is 5.88. The molecule has 26 heavy (non-hydrogen) atoms. The summed E-state index contributed by atoms with van der Waals surface area (Å²) in [7, 11) is 0. The minimum absolute atomic E-state index is 0.242. The zero-order chi connectivity index (χ0) is 18.8. The second-order valence-corrected chi connectivity index (χ2v) is 6.38. The van der Waals surface area contributed by atoms with E-state index in [1.54, 1.807) is 18.2 Å². The fourth-order valence-electron chi connectivity index (χ4n) is 3.03. The number of nitrogens with zero attached hydrogens (tertiary/aromatic N) is 3. The Morgan fingerprint density at radius 3 is 2.42 bits per heavy atom. The van der Waals surface area contributed by atoms with Gasteiger partial charge in [0, 0.05) is 5.56 Å². The van der Waals surface area contributed by atoms with Gasteiger partial charge in [0.1, 0.15) is 11.6 Å². The second-order valence-electron chi connectivity index (χ2n) is 6.38. The molecule has 1 aromatic carbocycles. The van der Waals surface area contributed by atoms with Crippen LogP contribution in [0.2, 0.25) is 0 Å². The highest BCUT2D eigenvalue weighted by atomic mass is 19.1. The third-order valence-electron chi connectivity index (χ3n) is 4.56. The summed E-state index contributed by atoms with van der Waals surface area (Å²) in [5, 5.41) is 8.68. The van der Waals surface area contributed by atoms with E-state index in [1.807, 2.05) is 32.4 Å². The van der Waals surface area contributed by atoms with Gasteiger partial charge in [-0.25, -0.2) is 4.39 Å². The van der Waals surface area contributed by atoms with Crippen molar-refractivity contribution in [3.8, 4) is 0 Å². The van der Waals surface area contributed by atoms with E-state index < -0.39 is 0 Å². The lowest BCUT2D eigenvalue weighted by Crippen LogP contribution is -2.05. The van der Waals surface area contributed by atoms with Gasteiger partial charge in [-0.1, -0.05) is 29.9 Å². The van der Waals surface area contributed by atoms with Crippen molar-refractivity contribution >= 4 is 11.6 Å². The quantitative estimate of drug-likeness (QED) is 0.606. The van der Waals surface area contributed by atoms with Gasteiger partial charge in [-0.05, 0) is 62.6 Å². The maximum absolute atomic E-state index is 13.2. The number of benzene rings is 1. The SMILES string of the molecule is C=C/C(=C\c1c(C)c(C)nn1Cc1ccc(F)cc1)c1c(C)noc1C. The first-order valence-electron chi connectivity index (χ1n) is 8.46. The van der Waals surface area contributed by atoms with E-state index in [0.29, 0.717) is 6.54 Å². The van der Waals surface area contributed by atoms with Gasteiger partial charge in [0.05, 0.1) is 23.6 Å². The van der Waals surface area contributed by atoms with Gasteiger partial charge in [0.25, 0.3) is 0 Å². The lowest BCUT2D eigenvalue weighted by atomic mass is 10.0. The molecule has 0 bridgehead atoms. The monoisotopic (exact) mass is 351 g/mol. The Kier molecular flexibility index (Phi) is 4.89. The first-order chi connectivity index (χ1) is 12.4. The van der Waals surface area contributed by atoms with Crippen molar-refractivity contribution in [3.05, 3.63) is 82.3 Å². The molecule has 0 spiro atoms. The third-order valence-corrected chi connectivity index (χ3v) is 4.56. The van der Waals surface area contributed by atoms with Crippen molar-refractivity contribution in [1.29, 1.82) is 0 Å². The lowest BCUT2D eigenvalue weighted by molar-refractivity contribution is 0.393. The van der Waals surface area contributed by atoms with Crippen LogP contribution in [0, 0.1) is 33.5 Å². The lowest BCUT2D eigenvalue weighted by Gasteiger charge is -2.08. The molecule has 0 amide bonds. The van der Waals surface area contributed by atoms with E-state index >= 15 is 0 Å². The van der Waals surface area contributed by atoms with E-state index in [0.717, 1.165) is 45.1 Å². The van der Waals surface area contributed by atoms with Crippen molar-refractivity contribution in [2.75, 3.05) is 0 Å². The highest BCUT2D eigenvalue weighted by Gasteiger charge is 2.15. The molecule has 0 fully saturated rings. The maximum Gasteiger partial charge on any atom is 0.141 e. The average molecular weight is 351 g/mol. The molecule has 0 aliphatic rings. The number of aromatic nitrogens is 3. The Bertz CT molecular complexity index is 958. The molecule has 0 aliphatic heterocycles. The van der Waals surface area contributed by atoms with Crippen molar-refractivity contribution < 1.29 is 8.91 Å². The van der Waals surface area contributed by atoms with Crippen LogP contribution >= 0.6 is 0 Å². The first-order valence-corrected chi connectivity index (χ1v) is 8.46. The third kappa shape index (κ3) is 3.38. The van der Waals surface area contributed by atoms with Crippen LogP contribution < -0.4 is 0 Å². The Morgan fingerprint density at radius 2 is 1.85 bits per heavy atom. The summed E-state index contributed by atoms with van der Waals surface area (Å²) >= 11 is 0. The van der Waals surface area contributed by atoms with Crippen molar-refractivity contribution in [3.63, 3.8) is 0 Å². The van der Waals surface area contributed by atoms with Crippen molar-refractivity contribution in [1.82, 2.24) is 14.9 Å². The van der Waals surface area contributed by atoms with Gasteiger partial charge in [0.2, 0.25) is 0 Å². The molecular weight excluding hydrogens is 329 g/mol. The van der Waals surface area contributed by atoms with Gasteiger partial charge in [-0.3, -0.25) is 4.68 Å². The summed E-state index contributed by atoms with van der Waals surface area (Å²) in [6.07, 6.45) is 3.86. The standard InChI is InChI=1S/C21H22FN3O/c1-6-18(21-15(4)24-26-16(21)5)11-20-13(2)14(3)23-25(20)12-17-7-9-19(22)10-8-17/h6-11H,1,12H2,2-5H3/b18-11+. The fourth-order valence-corrected chi connectivity index (χ4v) is 3.03. The molecule has 2 heterocycles. The molecule has 2 aromatic heterocycles. The summed E-state index contributed by atoms with van der Waals surface area (Å²) in [6, 6.07) is 6.48. The Hall–Kier alpha value is -2.95. The predicted octanol–water partition coefficient (Wildman–Crippen LogP) is 5.02. The van der Waals surface area contributed by atoms with Gasteiger partial charge < -0.3 is 4.52 Å². The molecule has 3 rings (SSSR count). The van der Waals surface area contributed by atoms with Crippen molar-refractivity contribution in [2.24, 2.45) is 0 Å². The minimum Gasteiger partial charge on any atom is -0.361 e. The van der Waals surface area contributed by atoms with Crippen LogP contribution in [0.15, 0.2) is 41.4 Å². The summed E-state index contributed by atoms with van der Waals surface area (Å²) in [6.45, 7) is 12.3. The fraction of sp³-hybridized carbons (Fsp3) is 0.238. The normalized spacial score (nSPS) is 11.8. The van der Waals surface area contributed by atoms with E-state index in [-0.39, 0.29) is 5.82 Å². The molecule has 0 radical (unpaired) electrons. The summed E-state index contributed by atoms with van der Waals surface area (Å²) < 4.78 is 20.4. The zero-order valence-electron chi connectivity index (χ0n) is 15.5. The molecule has 4 nitrogen and oxygen atoms in total. The molecule has 0 unspecified atom stereocenters. The summed E-state index contributed by atoms with van der Waals surface area (Å²) in [5.41, 5.74) is 6.74. The molecule has 0 saturated heterocycles. The van der Waals surface area contributed by atoms with Crippen LogP contribution in [0.4, 0.5) is 4.39 Å². The molecule has 0 saturated carbocycles. The highest BCUT2D eigenvalue weighted by Crippen LogP contribution is 2.27. The van der Waals surface area contributed by atoms with E-state index in [2.05, 4.69) is 22.9 Å². The Morgan fingerprint density at radius 1 is 1.15 bits per heavy atom. The Labute approximate surface area is 152 Å². The second kappa shape index (κ2) is 7.12. The minimum atomic E-state index is -0.242. The average Bonchev–Trinajstić information content (AvgIpc) is 3.08. The number of halogens is 1. The topological polar surface area (TPSA) is 43.9 Å². The molecular formula is C21H22FN3O. The van der Waals surface area contributed by atoms with Crippen LogP contribution in [0.1, 0.15) is 39.5 Å². The molecule has 134 valence electrons. The predicted molar refractivity (Wildman–Crippen MR) is 101 cm³/mol. The molecule has 0 N–H and O–H groups in total. The molecule has 0 aliphatic carbocycles. The maximum atomic E-state index is 13.2. The molecule has 3 aromatic rings. The summed E-state index contributed by atoms with van der Waals surface area (Å²) in [4.78, 5) is 0. The number of hydrogen-bond acceptors (Lipinski definition) is 3. The number of allylic oxidation sites excluding steroid dienone is 2. The van der Waals surface area contributed by atoms with E-state index in [1.165, 1.54) is 12.1 Å². The van der Waals surface area contributed by atoms with Gasteiger partial charge in [0.15, 0.2) is 0 Å². The largest absolute Gasteiger partial charge is 0.361 e. The number of hydrogen-bond donors (Lipinski definition) is 0. The van der Waals surface area contributed by atoms with Crippen LogP contribution in [0.5, 0.6) is 0 Å². The van der Waals surface area contributed by atoms with Gasteiger partial charge in [-0.15, -0.1) is 0 Å². The van der Waals surface area contributed by atoms with E-state index in [4.69, 9.17) is 4.52 Å². The van der Waals surface area contributed by atoms with Crippen LogP contribution in [0.25, 0.3) is 11.6 Å². The van der Waals surface area contributed by atoms with E-state index in [9.17, 15) is 4.39 Å². The zero-order valence-corrected chi connectivity index (χ0v) is 15.5. The summed E-state index contributed by atoms with van der Waals surface area (Å²) in [5.74, 6) is 0.515.